The smallest absolute Gasteiger partial charge is 0.145 e. The van der Waals surface area contributed by atoms with Crippen LogP contribution in [0.15, 0.2) is 22.8 Å². The first-order valence-corrected chi connectivity index (χ1v) is 7.34. The van der Waals surface area contributed by atoms with E-state index in [4.69, 9.17) is 16.3 Å². The van der Waals surface area contributed by atoms with E-state index in [0.717, 1.165) is 23.6 Å². The van der Waals surface area contributed by atoms with E-state index in [1.54, 1.807) is 0 Å². The van der Waals surface area contributed by atoms with E-state index in [2.05, 4.69) is 34.1 Å². The van der Waals surface area contributed by atoms with Gasteiger partial charge in [-0.1, -0.05) is 41.8 Å². The number of rotatable bonds is 7. The third-order valence-electron chi connectivity index (χ3n) is 3.04. The van der Waals surface area contributed by atoms with Crippen LogP contribution in [0.3, 0.4) is 0 Å². The van der Waals surface area contributed by atoms with Crippen molar-refractivity contribution in [2.45, 2.75) is 33.9 Å². The van der Waals surface area contributed by atoms with Crippen LogP contribution in [0.1, 0.15) is 30.8 Å². The molecule has 1 aromatic carbocycles. The van der Waals surface area contributed by atoms with Crippen molar-refractivity contribution in [1.29, 1.82) is 0 Å². The van der Waals surface area contributed by atoms with Gasteiger partial charge in [-0.2, -0.15) is 0 Å². The fourth-order valence-electron chi connectivity index (χ4n) is 1.86. The maximum Gasteiger partial charge on any atom is 0.145 e. The van der Waals surface area contributed by atoms with Crippen molar-refractivity contribution in [1.82, 2.24) is 15.6 Å². The Balaban J connectivity index is 2.04. The molecular formula is C15H20ClN3O2. The number of ether oxygens (including phenoxy) is 1. The summed E-state index contributed by atoms with van der Waals surface area (Å²) in [6.07, 6.45) is 0. The quantitative estimate of drug-likeness (QED) is 0.850. The lowest BCUT2D eigenvalue weighted by Crippen LogP contribution is -2.19. The van der Waals surface area contributed by atoms with Crippen molar-refractivity contribution in [2.75, 3.05) is 6.54 Å². The molecule has 2 rings (SSSR count). The van der Waals surface area contributed by atoms with Gasteiger partial charge in [0, 0.05) is 17.1 Å². The molecule has 6 heteroatoms. The molecule has 0 amide bonds. The van der Waals surface area contributed by atoms with Crippen LogP contribution in [0.5, 0.6) is 5.75 Å². The van der Waals surface area contributed by atoms with Crippen molar-refractivity contribution in [2.24, 2.45) is 5.92 Å². The Morgan fingerprint density at radius 2 is 2.14 bits per heavy atom. The number of hydrogen-bond donors (Lipinski definition) is 1. The summed E-state index contributed by atoms with van der Waals surface area (Å²) in [6, 6.07) is 5.64. The van der Waals surface area contributed by atoms with Gasteiger partial charge in [0.2, 0.25) is 0 Å². The molecule has 0 spiro atoms. The number of halogens is 1. The second-order valence-electron chi connectivity index (χ2n) is 5.33. The Labute approximate surface area is 129 Å². The van der Waals surface area contributed by atoms with E-state index < -0.39 is 0 Å². The van der Waals surface area contributed by atoms with E-state index in [-0.39, 0.29) is 0 Å². The summed E-state index contributed by atoms with van der Waals surface area (Å²) in [5.74, 6) is 1.34. The Morgan fingerprint density at radius 1 is 1.33 bits per heavy atom. The summed E-state index contributed by atoms with van der Waals surface area (Å²) in [5.41, 5.74) is 2.38. The molecular weight excluding hydrogens is 290 g/mol. The molecule has 2 aromatic rings. The Kier molecular flexibility index (Phi) is 5.59. The van der Waals surface area contributed by atoms with Crippen molar-refractivity contribution in [3.63, 3.8) is 0 Å². The molecule has 21 heavy (non-hydrogen) atoms. The average molecular weight is 310 g/mol. The molecule has 0 unspecified atom stereocenters. The lowest BCUT2D eigenvalue weighted by molar-refractivity contribution is 0.268. The van der Waals surface area contributed by atoms with Gasteiger partial charge in [-0.15, -0.1) is 0 Å². The lowest BCUT2D eigenvalue weighted by Gasteiger charge is -2.14. The molecule has 1 heterocycles. The maximum absolute atomic E-state index is 6.27. The summed E-state index contributed by atoms with van der Waals surface area (Å²) in [7, 11) is 0. The van der Waals surface area contributed by atoms with Gasteiger partial charge in [-0.25, -0.2) is 4.63 Å². The van der Waals surface area contributed by atoms with Gasteiger partial charge < -0.3 is 10.1 Å². The van der Waals surface area contributed by atoms with Crippen molar-refractivity contribution >= 4 is 11.6 Å². The molecule has 114 valence electrons. The van der Waals surface area contributed by atoms with E-state index in [1.807, 2.05) is 25.1 Å². The van der Waals surface area contributed by atoms with Gasteiger partial charge in [-0.3, -0.25) is 0 Å². The number of nitrogens with zero attached hydrogens (tertiary/aromatic N) is 2. The molecule has 0 saturated carbocycles. The highest BCUT2D eigenvalue weighted by molar-refractivity contribution is 6.31. The summed E-state index contributed by atoms with van der Waals surface area (Å²) < 4.78 is 10.5. The monoisotopic (exact) mass is 309 g/mol. The van der Waals surface area contributed by atoms with Gasteiger partial charge >= 0.3 is 0 Å². The van der Waals surface area contributed by atoms with Crippen molar-refractivity contribution in [3.05, 3.63) is 40.2 Å². The predicted octanol–water partition coefficient (Wildman–Crippen LogP) is 3.36. The molecule has 0 aliphatic carbocycles. The van der Waals surface area contributed by atoms with Gasteiger partial charge in [0.1, 0.15) is 23.7 Å². The van der Waals surface area contributed by atoms with Gasteiger partial charge in [0.25, 0.3) is 0 Å². The summed E-state index contributed by atoms with van der Waals surface area (Å²) in [4.78, 5) is 0. The van der Waals surface area contributed by atoms with E-state index in [0.29, 0.717) is 29.8 Å². The molecule has 1 aromatic heterocycles. The third kappa shape index (κ3) is 4.44. The topological polar surface area (TPSA) is 60.2 Å². The Morgan fingerprint density at radius 3 is 2.81 bits per heavy atom. The molecule has 0 saturated heterocycles. The summed E-state index contributed by atoms with van der Waals surface area (Å²) >= 11 is 6.27. The van der Waals surface area contributed by atoms with Crippen LogP contribution in [0.25, 0.3) is 0 Å². The highest BCUT2D eigenvalue weighted by atomic mass is 35.5. The van der Waals surface area contributed by atoms with Crippen molar-refractivity contribution in [3.8, 4) is 5.75 Å². The number of benzene rings is 1. The zero-order chi connectivity index (χ0) is 15.2. The minimum atomic E-state index is 0.312. The van der Waals surface area contributed by atoms with Crippen LogP contribution in [-0.4, -0.2) is 16.9 Å². The second-order valence-corrected chi connectivity index (χ2v) is 5.73. The van der Waals surface area contributed by atoms with E-state index >= 15 is 0 Å². The second kappa shape index (κ2) is 7.43. The number of nitrogens with one attached hydrogen (secondary N) is 1. The molecule has 0 bridgehead atoms. The van der Waals surface area contributed by atoms with E-state index in [9.17, 15) is 0 Å². The minimum absolute atomic E-state index is 0.312. The first-order valence-electron chi connectivity index (χ1n) is 6.97. The number of aromatic nitrogens is 2. The standard InChI is InChI=1S/C15H20ClN3O2/c1-10(2)7-17-8-12-13(16)5-4-6-15(12)20-9-14-11(3)18-21-19-14/h4-6,10,17H,7-9H2,1-3H3. The molecule has 0 aliphatic rings. The first kappa shape index (κ1) is 15.8. The fraction of sp³-hybridized carbons (Fsp3) is 0.467. The molecule has 1 N–H and O–H groups in total. The Bertz CT molecular complexity index is 584. The normalized spacial score (nSPS) is 11.1. The van der Waals surface area contributed by atoms with Crippen LogP contribution < -0.4 is 10.1 Å². The van der Waals surface area contributed by atoms with Gasteiger partial charge in [0.05, 0.1) is 0 Å². The molecule has 0 aliphatic heterocycles. The van der Waals surface area contributed by atoms with E-state index in [1.165, 1.54) is 0 Å². The minimum Gasteiger partial charge on any atom is -0.487 e. The molecule has 5 nitrogen and oxygen atoms in total. The first-order chi connectivity index (χ1) is 10.1. The molecule has 0 radical (unpaired) electrons. The predicted molar refractivity (Wildman–Crippen MR) is 81.4 cm³/mol. The third-order valence-corrected chi connectivity index (χ3v) is 3.40. The molecule has 0 fully saturated rings. The van der Waals surface area contributed by atoms with Crippen LogP contribution in [0.2, 0.25) is 5.02 Å². The van der Waals surface area contributed by atoms with Crippen LogP contribution in [0, 0.1) is 12.8 Å². The zero-order valence-electron chi connectivity index (χ0n) is 12.5. The van der Waals surface area contributed by atoms with Crippen molar-refractivity contribution < 1.29 is 9.37 Å². The SMILES string of the molecule is Cc1nonc1COc1cccc(Cl)c1CNCC(C)C. The number of aryl methyl sites for hydroxylation is 1. The highest BCUT2D eigenvalue weighted by Gasteiger charge is 2.11. The molecule has 0 atom stereocenters. The highest BCUT2D eigenvalue weighted by Crippen LogP contribution is 2.27. The zero-order valence-corrected chi connectivity index (χ0v) is 13.3. The van der Waals surface area contributed by atoms with Crippen LogP contribution in [0.4, 0.5) is 0 Å². The average Bonchev–Trinajstić information content (AvgIpc) is 2.84. The largest absolute Gasteiger partial charge is 0.487 e. The maximum atomic E-state index is 6.27. The lowest BCUT2D eigenvalue weighted by atomic mass is 10.1. The van der Waals surface area contributed by atoms with Crippen LogP contribution >= 0.6 is 11.6 Å². The summed E-state index contributed by atoms with van der Waals surface area (Å²) in [6.45, 7) is 8.07. The Hall–Kier alpha value is -1.59. The van der Waals surface area contributed by atoms with Gasteiger partial charge in [-0.05, 0) is 31.5 Å². The number of hydrogen-bond acceptors (Lipinski definition) is 5. The van der Waals surface area contributed by atoms with Gasteiger partial charge in [0.15, 0.2) is 0 Å². The fourth-order valence-corrected chi connectivity index (χ4v) is 2.09. The summed E-state index contributed by atoms with van der Waals surface area (Å²) in [5, 5.41) is 11.6. The van der Waals surface area contributed by atoms with Crippen LogP contribution in [-0.2, 0) is 13.2 Å².